The predicted octanol–water partition coefficient (Wildman–Crippen LogP) is 2.56. The molecule has 0 spiro atoms. The predicted molar refractivity (Wildman–Crippen MR) is 86.0 cm³/mol. The van der Waals surface area contributed by atoms with E-state index < -0.39 is 19.7 Å². The largest absolute Gasteiger partial charge is 0.465 e. The number of hydrogen-bond donors (Lipinski definition) is 2. The van der Waals surface area contributed by atoms with Crippen molar-refractivity contribution in [1.29, 1.82) is 0 Å². The minimum absolute atomic E-state index is 0.202. The summed E-state index contributed by atoms with van der Waals surface area (Å²) >= 11 is 0. The SMILES string of the molecule is C=CC(=O)OCCCCCCCCCCOC(=O)CP(=O)(O)O. The van der Waals surface area contributed by atoms with Crippen molar-refractivity contribution in [2.75, 3.05) is 19.4 Å². The first-order valence-corrected chi connectivity index (χ1v) is 9.64. The van der Waals surface area contributed by atoms with Gasteiger partial charge in [0.2, 0.25) is 0 Å². The lowest BCUT2D eigenvalue weighted by Crippen LogP contribution is -2.10. The van der Waals surface area contributed by atoms with Crippen LogP contribution in [0.2, 0.25) is 0 Å². The molecule has 0 saturated heterocycles. The molecule has 0 radical (unpaired) electrons. The molecule has 0 aromatic carbocycles. The molecule has 0 heterocycles. The quantitative estimate of drug-likeness (QED) is 0.214. The summed E-state index contributed by atoms with van der Waals surface area (Å²) < 4.78 is 20.2. The number of carbonyl (C=O) groups is 2. The van der Waals surface area contributed by atoms with Crippen LogP contribution in [0.5, 0.6) is 0 Å². The Hall–Kier alpha value is -1.17. The van der Waals surface area contributed by atoms with E-state index in [-0.39, 0.29) is 12.6 Å². The van der Waals surface area contributed by atoms with Gasteiger partial charge in [0, 0.05) is 6.08 Å². The highest BCUT2D eigenvalue weighted by atomic mass is 31.2. The first-order valence-electron chi connectivity index (χ1n) is 7.84. The smallest absolute Gasteiger partial charge is 0.336 e. The van der Waals surface area contributed by atoms with Gasteiger partial charge in [0.05, 0.1) is 13.2 Å². The Bertz CT molecular complexity index is 403. The normalized spacial score (nSPS) is 11.0. The summed E-state index contributed by atoms with van der Waals surface area (Å²) in [6, 6.07) is 0. The van der Waals surface area contributed by atoms with Crippen LogP contribution in [0.15, 0.2) is 12.7 Å². The van der Waals surface area contributed by atoms with E-state index in [1.54, 1.807) is 0 Å². The highest BCUT2D eigenvalue weighted by Crippen LogP contribution is 2.33. The average molecular weight is 350 g/mol. The third-order valence-electron chi connectivity index (χ3n) is 3.05. The van der Waals surface area contributed by atoms with Crippen molar-refractivity contribution in [3.8, 4) is 0 Å². The molecule has 0 aliphatic heterocycles. The van der Waals surface area contributed by atoms with Crippen molar-refractivity contribution in [2.45, 2.75) is 51.4 Å². The first kappa shape index (κ1) is 21.8. The average Bonchev–Trinajstić information content (AvgIpc) is 2.46. The first-order chi connectivity index (χ1) is 10.8. The van der Waals surface area contributed by atoms with Gasteiger partial charge in [-0.3, -0.25) is 9.36 Å². The number of carbonyl (C=O) groups excluding carboxylic acids is 2. The molecule has 0 unspecified atom stereocenters. The number of hydrogen-bond acceptors (Lipinski definition) is 5. The molecule has 23 heavy (non-hydrogen) atoms. The molecule has 2 N–H and O–H groups in total. The summed E-state index contributed by atoms with van der Waals surface area (Å²) in [6.45, 7) is 3.96. The molecular weight excluding hydrogens is 323 g/mol. The van der Waals surface area contributed by atoms with Gasteiger partial charge in [0.25, 0.3) is 0 Å². The maximum absolute atomic E-state index is 11.0. The van der Waals surface area contributed by atoms with Crippen molar-refractivity contribution < 1.29 is 33.4 Å². The van der Waals surface area contributed by atoms with Gasteiger partial charge in [-0.05, 0) is 12.8 Å². The van der Waals surface area contributed by atoms with Crippen molar-refractivity contribution in [1.82, 2.24) is 0 Å². The van der Waals surface area contributed by atoms with Crippen molar-refractivity contribution in [2.24, 2.45) is 0 Å². The van der Waals surface area contributed by atoms with Gasteiger partial charge in [-0.2, -0.15) is 0 Å². The standard InChI is InChI=1S/C15H27O7P/c1-2-14(16)21-11-9-7-5-3-4-6-8-10-12-22-15(17)13-23(18,19)20/h2H,1,3-13H2,(H2,18,19,20). The van der Waals surface area contributed by atoms with Crippen molar-refractivity contribution in [3.63, 3.8) is 0 Å². The van der Waals surface area contributed by atoms with Gasteiger partial charge in [-0.25, -0.2) is 4.79 Å². The Morgan fingerprint density at radius 2 is 1.30 bits per heavy atom. The van der Waals surface area contributed by atoms with Crippen LogP contribution < -0.4 is 0 Å². The molecular formula is C15H27O7P. The van der Waals surface area contributed by atoms with Crippen molar-refractivity contribution >= 4 is 19.5 Å². The third kappa shape index (κ3) is 17.0. The van der Waals surface area contributed by atoms with Crippen LogP contribution in [0, 0.1) is 0 Å². The molecule has 0 atom stereocenters. The molecule has 0 aromatic heterocycles. The van der Waals surface area contributed by atoms with Crippen LogP contribution in [0.1, 0.15) is 51.4 Å². The molecule has 134 valence electrons. The zero-order valence-electron chi connectivity index (χ0n) is 13.4. The van der Waals surface area contributed by atoms with Gasteiger partial charge >= 0.3 is 19.5 Å². The van der Waals surface area contributed by atoms with Crippen LogP contribution in [0.3, 0.4) is 0 Å². The summed E-state index contributed by atoms with van der Waals surface area (Å²) in [6.07, 6.45) is 8.10. The van der Waals surface area contributed by atoms with E-state index in [2.05, 4.69) is 6.58 Å². The lowest BCUT2D eigenvalue weighted by atomic mass is 10.1. The summed E-state index contributed by atoms with van der Waals surface area (Å²) in [4.78, 5) is 39.0. The van der Waals surface area contributed by atoms with Gasteiger partial charge in [0.1, 0.15) is 6.16 Å². The zero-order valence-corrected chi connectivity index (χ0v) is 14.3. The fourth-order valence-corrected chi connectivity index (χ4v) is 2.32. The Kier molecular flexibility index (Phi) is 12.6. The maximum Gasteiger partial charge on any atom is 0.336 e. The van der Waals surface area contributed by atoms with Gasteiger partial charge in [-0.1, -0.05) is 45.1 Å². The summed E-state index contributed by atoms with van der Waals surface area (Å²) in [7, 11) is -4.32. The van der Waals surface area contributed by atoms with Gasteiger partial charge < -0.3 is 19.3 Å². The second-order valence-corrected chi connectivity index (χ2v) is 6.89. The van der Waals surface area contributed by atoms with Crippen LogP contribution in [-0.4, -0.2) is 41.1 Å². The second-order valence-electron chi connectivity index (χ2n) is 5.24. The fraction of sp³-hybridized carbons (Fsp3) is 0.733. The minimum atomic E-state index is -4.32. The second kappa shape index (κ2) is 13.3. The molecule has 0 aliphatic rings. The highest BCUT2D eigenvalue weighted by molar-refractivity contribution is 7.52. The Morgan fingerprint density at radius 1 is 0.870 bits per heavy atom. The number of ether oxygens (including phenoxy) is 2. The molecule has 0 rings (SSSR count). The fourth-order valence-electron chi connectivity index (χ4n) is 1.90. The van der Waals surface area contributed by atoms with E-state index in [4.69, 9.17) is 19.3 Å². The Labute approximate surface area is 137 Å². The lowest BCUT2D eigenvalue weighted by molar-refractivity contribution is -0.141. The maximum atomic E-state index is 11.0. The minimum Gasteiger partial charge on any atom is -0.465 e. The number of unbranched alkanes of at least 4 members (excludes halogenated alkanes) is 7. The number of esters is 2. The van der Waals surface area contributed by atoms with E-state index in [0.717, 1.165) is 51.0 Å². The van der Waals surface area contributed by atoms with E-state index in [0.29, 0.717) is 13.0 Å². The third-order valence-corrected chi connectivity index (χ3v) is 3.72. The van der Waals surface area contributed by atoms with Crippen LogP contribution in [-0.2, 0) is 23.6 Å². The van der Waals surface area contributed by atoms with Crippen LogP contribution in [0.25, 0.3) is 0 Å². The topological polar surface area (TPSA) is 110 Å². The van der Waals surface area contributed by atoms with Gasteiger partial charge in [-0.15, -0.1) is 0 Å². The summed E-state index contributed by atoms with van der Waals surface area (Å²) in [5.74, 6) is -1.23. The van der Waals surface area contributed by atoms with E-state index in [9.17, 15) is 14.2 Å². The Morgan fingerprint density at radius 3 is 1.74 bits per heavy atom. The van der Waals surface area contributed by atoms with Crippen LogP contribution >= 0.6 is 7.60 Å². The molecule has 0 aliphatic carbocycles. The van der Waals surface area contributed by atoms with Gasteiger partial charge in [0.15, 0.2) is 0 Å². The van der Waals surface area contributed by atoms with E-state index in [1.807, 2.05) is 0 Å². The molecule has 0 amide bonds. The Balaban J connectivity index is 3.25. The molecule has 8 heteroatoms. The summed E-state index contributed by atoms with van der Waals surface area (Å²) in [5, 5.41) is 0. The summed E-state index contributed by atoms with van der Waals surface area (Å²) in [5.41, 5.74) is 0. The molecule has 0 fully saturated rings. The molecule has 0 aromatic rings. The monoisotopic (exact) mass is 350 g/mol. The lowest BCUT2D eigenvalue weighted by Gasteiger charge is -2.06. The van der Waals surface area contributed by atoms with Crippen LogP contribution in [0.4, 0.5) is 0 Å². The molecule has 7 nitrogen and oxygen atoms in total. The molecule has 0 bridgehead atoms. The van der Waals surface area contributed by atoms with E-state index >= 15 is 0 Å². The zero-order chi connectivity index (χ0) is 17.6. The van der Waals surface area contributed by atoms with Crippen molar-refractivity contribution in [3.05, 3.63) is 12.7 Å². The highest BCUT2D eigenvalue weighted by Gasteiger charge is 2.19. The van der Waals surface area contributed by atoms with E-state index in [1.165, 1.54) is 0 Å². The molecule has 0 saturated carbocycles. The number of rotatable bonds is 14.